The Hall–Kier alpha value is -2.68. The van der Waals surface area contributed by atoms with Crippen LogP contribution in [0.4, 0.5) is 5.13 Å². The fourth-order valence-electron chi connectivity index (χ4n) is 2.05. The summed E-state index contributed by atoms with van der Waals surface area (Å²) in [6.07, 6.45) is -0.185. The summed E-state index contributed by atoms with van der Waals surface area (Å²) in [6, 6.07) is 2.29. The fraction of sp³-hybridized carbons (Fsp3) is 0.400. The summed E-state index contributed by atoms with van der Waals surface area (Å²) in [5, 5.41) is 21.2. The minimum Gasteiger partial charge on any atom is -0.492 e. The van der Waals surface area contributed by atoms with E-state index in [0.717, 1.165) is 23.5 Å². The standard InChI is InChI=1S/C15H20N4O8S2/c1-9-14(18-15(28-9)17-10(2)20)29(24,25)16-6-8-26-7-5-13(23)27-19-11(21)3-4-12(19)22/h3-4,16,21-22H,5-8H2,1-2H3,(H,17,18,20). The van der Waals surface area contributed by atoms with Gasteiger partial charge in [0.05, 0.1) is 19.6 Å². The van der Waals surface area contributed by atoms with Gasteiger partial charge < -0.3 is 25.1 Å². The first-order valence-electron chi connectivity index (χ1n) is 8.23. The minimum absolute atomic E-state index is 0.0196. The number of hydrogen-bond donors (Lipinski definition) is 4. The van der Waals surface area contributed by atoms with Gasteiger partial charge in [-0.2, -0.15) is 0 Å². The molecular weight excluding hydrogens is 428 g/mol. The molecule has 0 radical (unpaired) electrons. The molecule has 0 atom stereocenters. The molecule has 0 bridgehead atoms. The predicted octanol–water partition coefficient (Wildman–Crippen LogP) is -0.0370. The van der Waals surface area contributed by atoms with E-state index in [1.807, 2.05) is 0 Å². The van der Waals surface area contributed by atoms with E-state index in [9.17, 15) is 28.2 Å². The molecule has 2 aromatic rings. The van der Waals surface area contributed by atoms with E-state index in [-0.39, 0.29) is 42.2 Å². The number of amides is 1. The van der Waals surface area contributed by atoms with Crippen molar-refractivity contribution in [1.82, 2.24) is 14.4 Å². The van der Waals surface area contributed by atoms with E-state index in [4.69, 9.17) is 9.57 Å². The number of carbonyl (C=O) groups is 2. The fourth-order valence-corrected chi connectivity index (χ4v) is 4.40. The number of nitrogens with zero attached hydrogens (tertiary/aromatic N) is 2. The number of hydrogen-bond acceptors (Lipinski definition) is 10. The number of carbonyl (C=O) groups excluding carboxylic acids is 2. The zero-order chi connectivity index (χ0) is 21.6. The van der Waals surface area contributed by atoms with Crippen molar-refractivity contribution in [2.45, 2.75) is 25.3 Å². The maximum absolute atomic E-state index is 12.3. The van der Waals surface area contributed by atoms with Crippen LogP contribution in [-0.2, 0) is 24.3 Å². The number of ether oxygens (including phenoxy) is 1. The van der Waals surface area contributed by atoms with Gasteiger partial charge in [0.2, 0.25) is 17.7 Å². The van der Waals surface area contributed by atoms with Gasteiger partial charge in [0.1, 0.15) is 0 Å². The van der Waals surface area contributed by atoms with Gasteiger partial charge >= 0.3 is 5.97 Å². The zero-order valence-corrected chi connectivity index (χ0v) is 17.2. The SMILES string of the molecule is CC(=O)Nc1nc(S(=O)(=O)NCCOCCC(=O)On2c(O)ccc2O)c(C)s1. The summed E-state index contributed by atoms with van der Waals surface area (Å²) in [7, 11) is -3.89. The van der Waals surface area contributed by atoms with Crippen molar-refractivity contribution in [3.8, 4) is 11.8 Å². The third kappa shape index (κ3) is 6.42. The quantitative estimate of drug-likeness (QED) is 0.364. The van der Waals surface area contributed by atoms with Crippen molar-refractivity contribution < 1.29 is 37.8 Å². The number of aryl methyl sites for hydroxylation is 1. The highest BCUT2D eigenvalue weighted by Gasteiger charge is 2.22. The number of nitrogens with one attached hydrogen (secondary N) is 2. The predicted molar refractivity (Wildman–Crippen MR) is 101 cm³/mol. The summed E-state index contributed by atoms with van der Waals surface area (Å²) >= 11 is 1.04. The van der Waals surface area contributed by atoms with Gasteiger partial charge in [-0.3, -0.25) is 4.79 Å². The third-order valence-corrected chi connectivity index (χ3v) is 5.78. The lowest BCUT2D eigenvalue weighted by atomic mass is 10.5. The molecule has 1 amide bonds. The average Bonchev–Trinajstić information content (AvgIpc) is 3.14. The molecule has 0 unspecified atom stereocenters. The first kappa shape index (κ1) is 22.6. The van der Waals surface area contributed by atoms with Gasteiger partial charge in [-0.05, 0) is 6.92 Å². The second-order valence-corrected chi connectivity index (χ2v) is 8.51. The number of aromatic hydroxyl groups is 2. The summed E-state index contributed by atoms with van der Waals surface area (Å²) in [5.41, 5.74) is 0. The van der Waals surface area contributed by atoms with Gasteiger partial charge in [0.25, 0.3) is 10.0 Å². The van der Waals surface area contributed by atoms with Gasteiger partial charge in [0, 0.05) is 30.5 Å². The molecule has 29 heavy (non-hydrogen) atoms. The third-order valence-electron chi connectivity index (χ3n) is 3.27. The number of thiazole rings is 1. The van der Waals surface area contributed by atoms with Crippen molar-refractivity contribution in [2.24, 2.45) is 0 Å². The Morgan fingerprint density at radius 3 is 2.52 bits per heavy atom. The number of anilines is 1. The lowest BCUT2D eigenvalue weighted by Crippen LogP contribution is -2.28. The lowest BCUT2D eigenvalue weighted by molar-refractivity contribution is -0.146. The first-order chi connectivity index (χ1) is 13.6. The Morgan fingerprint density at radius 1 is 1.24 bits per heavy atom. The van der Waals surface area contributed by atoms with Crippen LogP contribution in [0.3, 0.4) is 0 Å². The molecular formula is C15H20N4O8S2. The van der Waals surface area contributed by atoms with Crippen LogP contribution in [0.1, 0.15) is 18.2 Å². The zero-order valence-electron chi connectivity index (χ0n) is 15.5. The van der Waals surface area contributed by atoms with Crippen molar-refractivity contribution >= 4 is 38.4 Å². The minimum atomic E-state index is -3.89. The second-order valence-electron chi connectivity index (χ2n) is 5.63. The molecule has 2 aromatic heterocycles. The van der Waals surface area contributed by atoms with Gasteiger partial charge in [-0.1, -0.05) is 0 Å². The normalized spacial score (nSPS) is 11.4. The van der Waals surface area contributed by atoms with Crippen molar-refractivity contribution in [1.29, 1.82) is 0 Å². The average molecular weight is 448 g/mol. The molecule has 0 saturated heterocycles. The molecule has 160 valence electrons. The highest BCUT2D eigenvalue weighted by Crippen LogP contribution is 2.25. The largest absolute Gasteiger partial charge is 0.492 e. The summed E-state index contributed by atoms with van der Waals surface area (Å²) in [5.74, 6) is -2.00. The summed E-state index contributed by atoms with van der Waals surface area (Å²) in [4.78, 5) is 31.7. The molecule has 14 heteroatoms. The van der Waals surface area contributed by atoms with E-state index < -0.39 is 27.8 Å². The van der Waals surface area contributed by atoms with Crippen LogP contribution < -0.4 is 14.9 Å². The molecule has 0 aliphatic carbocycles. The maximum atomic E-state index is 12.3. The van der Waals surface area contributed by atoms with Crippen molar-refractivity contribution in [3.63, 3.8) is 0 Å². The van der Waals surface area contributed by atoms with E-state index >= 15 is 0 Å². The van der Waals surface area contributed by atoms with Crippen LogP contribution in [0.2, 0.25) is 0 Å². The maximum Gasteiger partial charge on any atom is 0.335 e. The molecule has 0 aromatic carbocycles. The van der Waals surface area contributed by atoms with Crippen LogP contribution in [0.5, 0.6) is 11.8 Å². The molecule has 12 nitrogen and oxygen atoms in total. The number of rotatable bonds is 10. The van der Waals surface area contributed by atoms with E-state index in [1.54, 1.807) is 6.92 Å². The first-order valence-corrected chi connectivity index (χ1v) is 10.5. The topological polar surface area (TPSA) is 169 Å². The number of aromatic nitrogens is 2. The smallest absolute Gasteiger partial charge is 0.335 e. The second kappa shape index (κ2) is 9.69. The van der Waals surface area contributed by atoms with E-state index in [1.165, 1.54) is 6.92 Å². The van der Waals surface area contributed by atoms with Crippen LogP contribution in [0, 0.1) is 6.92 Å². The molecule has 0 saturated carbocycles. The van der Waals surface area contributed by atoms with Crippen molar-refractivity contribution in [3.05, 3.63) is 17.0 Å². The highest BCUT2D eigenvalue weighted by molar-refractivity contribution is 7.89. The van der Waals surface area contributed by atoms with Crippen LogP contribution in [0.25, 0.3) is 0 Å². The Morgan fingerprint density at radius 2 is 1.90 bits per heavy atom. The highest BCUT2D eigenvalue weighted by atomic mass is 32.2. The molecule has 4 N–H and O–H groups in total. The van der Waals surface area contributed by atoms with Crippen molar-refractivity contribution in [2.75, 3.05) is 25.1 Å². The van der Waals surface area contributed by atoms with Crippen LogP contribution >= 0.6 is 11.3 Å². The van der Waals surface area contributed by atoms with Crippen LogP contribution in [0.15, 0.2) is 17.2 Å². The molecule has 0 spiro atoms. The monoisotopic (exact) mass is 448 g/mol. The molecule has 0 aliphatic rings. The molecule has 0 aliphatic heterocycles. The van der Waals surface area contributed by atoms with Gasteiger partial charge in [0.15, 0.2) is 10.2 Å². The van der Waals surface area contributed by atoms with E-state index in [0.29, 0.717) is 9.61 Å². The molecule has 0 fully saturated rings. The lowest BCUT2D eigenvalue weighted by Gasteiger charge is -2.08. The number of sulfonamides is 1. The Kier molecular flexibility index (Phi) is 7.55. The molecule has 2 rings (SSSR count). The van der Waals surface area contributed by atoms with Gasteiger partial charge in [-0.15, -0.1) is 16.1 Å². The van der Waals surface area contributed by atoms with Gasteiger partial charge in [-0.25, -0.2) is 22.9 Å². The Bertz CT molecular complexity index is 963. The Balaban J connectivity index is 1.72. The Labute approximate surface area is 170 Å². The summed E-state index contributed by atoms with van der Waals surface area (Å²) < 4.78 is 32.6. The van der Waals surface area contributed by atoms with Crippen LogP contribution in [-0.4, -0.2) is 60.0 Å². The van der Waals surface area contributed by atoms with E-state index in [2.05, 4.69) is 15.0 Å². The summed E-state index contributed by atoms with van der Waals surface area (Å²) in [6.45, 7) is 2.71. The molecule has 2 heterocycles.